The van der Waals surface area contributed by atoms with Crippen molar-refractivity contribution >= 4 is 35.6 Å². The number of nitrogens with one attached hydrogen (secondary N) is 3. The summed E-state index contributed by atoms with van der Waals surface area (Å²) in [5.74, 6) is -6.48. The molecule has 26 heavy (non-hydrogen) atoms. The number of carboxylic acid groups (broad SMARTS) is 3. The quantitative estimate of drug-likeness (QED) is 0.177. The van der Waals surface area contributed by atoms with Crippen LogP contribution in [0.4, 0.5) is 0 Å². The lowest BCUT2D eigenvalue weighted by atomic mass is 10.1. The van der Waals surface area contributed by atoms with E-state index in [9.17, 15) is 28.8 Å². The molecule has 2 unspecified atom stereocenters. The van der Waals surface area contributed by atoms with E-state index in [4.69, 9.17) is 21.1 Å². The minimum Gasteiger partial charge on any atom is -0.481 e. The van der Waals surface area contributed by atoms with Crippen molar-refractivity contribution in [3.8, 4) is 0 Å². The number of amides is 3. The molecule has 0 aliphatic heterocycles. The number of carbonyl (C=O) groups excluding carboxylic acids is 3. The molecule has 0 radical (unpaired) electrons. The minimum atomic E-state index is -1.43. The van der Waals surface area contributed by atoms with E-state index in [1.165, 1.54) is 0 Å². The van der Waals surface area contributed by atoms with Crippen LogP contribution in [0, 0.1) is 0 Å². The van der Waals surface area contributed by atoms with Crippen LogP contribution in [0.25, 0.3) is 0 Å². The number of carboxylic acids is 3. The van der Waals surface area contributed by atoms with Gasteiger partial charge in [0.1, 0.15) is 6.04 Å². The molecule has 0 aliphatic rings. The second-order valence-corrected chi connectivity index (χ2v) is 5.09. The van der Waals surface area contributed by atoms with Gasteiger partial charge in [-0.05, 0) is 6.42 Å². The maximum Gasteiger partial charge on any atom is 0.326 e. The van der Waals surface area contributed by atoms with Gasteiger partial charge in [-0.2, -0.15) is 0 Å². The molecule has 0 saturated carbocycles. The lowest BCUT2D eigenvalue weighted by Gasteiger charge is -2.14. The molecule has 13 heteroatoms. The van der Waals surface area contributed by atoms with E-state index in [2.05, 4.69) is 10.6 Å². The molecule has 2 atom stereocenters. The first kappa shape index (κ1) is 22.8. The topological polar surface area (TPSA) is 225 Å². The number of hydrogen-bond acceptors (Lipinski definition) is 7. The molecule has 0 saturated heterocycles. The molecule has 0 aromatic rings. The van der Waals surface area contributed by atoms with Crippen LogP contribution in [0.2, 0.25) is 0 Å². The zero-order valence-corrected chi connectivity index (χ0v) is 13.6. The third-order valence-electron chi connectivity index (χ3n) is 2.88. The summed E-state index contributed by atoms with van der Waals surface area (Å²) < 4.78 is 0. The highest BCUT2D eigenvalue weighted by Crippen LogP contribution is 1.97. The van der Waals surface area contributed by atoms with E-state index in [0.29, 0.717) is 0 Å². The van der Waals surface area contributed by atoms with Crippen molar-refractivity contribution in [2.24, 2.45) is 5.73 Å². The Morgan fingerprint density at radius 2 is 1.42 bits per heavy atom. The summed E-state index contributed by atoms with van der Waals surface area (Å²) in [4.78, 5) is 66.2. The van der Waals surface area contributed by atoms with Crippen LogP contribution in [0.1, 0.15) is 19.3 Å². The van der Waals surface area contributed by atoms with E-state index in [0.717, 1.165) is 0 Å². The number of rotatable bonds is 12. The van der Waals surface area contributed by atoms with E-state index < -0.39 is 73.6 Å². The molecule has 0 bridgehead atoms. The highest BCUT2D eigenvalue weighted by molar-refractivity contribution is 5.91. The number of carbonyl (C=O) groups is 6. The van der Waals surface area contributed by atoms with E-state index >= 15 is 0 Å². The van der Waals surface area contributed by atoms with Crippen LogP contribution in [0.5, 0.6) is 0 Å². The Kier molecular flexibility index (Phi) is 9.95. The third-order valence-corrected chi connectivity index (χ3v) is 2.88. The predicted octanol–water partition coefficient (Wildman–Crippen LogP) is -3.54. The number of nitrogens with two attached hydrogens (primary N) is 1. The van der Waals surface area contributed by atoms with Crippen molar-refractivity contribution in [3.63, 3.8) is 0 Å². The van der Waals surface area contributed by atoms with Crippen molar-refractivity contribution in [2.75, 3.05) is 13.1 Å². The van der Waals surface area contributed by atoms with E-state index in [-0.39, 0.29) is 6.42 Å². The highest BCUT2D eigenvalue weighted by atomic mass is 16.4. The lowest BCUT2D eigenvalue weighted by Crippen LogP contribution is -2.48. The minimum absolute atomic E-state index is 0.331. The van der Waals surface area contributed by atoms with Crippen LogP contribution in [-0.2, 0) is 28.8 Å². The molecule has 0 aromatic carbocycles. The van der Waals surface area contributed by atoms with E-state index in [1.54, 1.807) is 0 Å². The van der Waals surface area contributed by atoms with Gasteiger partial charge in [0.2, 0.25) is 17.7 Å². The van der Waals surface area contributed by atoms with Crippen molar-refractivity contribution in [1.29, 1.82) is 0 Å². The molecule has 0 aromatic heterocycles. The molecule has 8 N–H and O–H groups in total. The average molecular weight is 376 g/mol. The maximum atomic E-state index is 11.6. The molecule has 146 valence electrons. The van der Waals surface area contributed by atoms with Crippen molar-refractivity contribution < 1.29 is 44.1 Å². The van der Waals surface area contributed by atoms with Crippen LogP contribution < -0.4 is 21.7 Å². The Labute approximate surface area is 146 Å². The van der Waals surface area contributed by atoms with Crippen LogP contribution in [-0.4, -0.2) is 76.1 Å². The summed E-state index contributed by atoms with van der Waals surface area (Å²) in [6, 6.07) is -2.77. The van der Waals surface area contributed by atoms with Crippen molar-refractivity contribution in [1.82, 2.24) is 16.0 Å². The molecule has 0 fully saturated rings. The highest BCUT2D eigenvalue weighted by Gasteiger charge is 2.21. The van der Waals surface area contributed by atoms with Gasteiger partial charge in [-0.3, -0.25) is 24.0 Å². The van der Waals surface area contributed by atoms with Crippen molar-refractivity contribution in [2.45, 2.75) is 31.3 Å². The predicted molar refractivity (Wildman–Crippen MR) is 82.7 cm³/mol. The molecular weight excluding hydrogens is 356 g/mol. The Morgan fingerprint density at radius 1 is 0.846 bits per heavy atom. The van der Waals surface area contributed by atoms with Crippen molar-refractivity contribution in [3.05, 3.63) is 0 Å². The summed E-state index contributed by atoms with van der Waals surface area (Å²) in [7, 11) is 0. The van der Waals surface area contributed by atoms with Gasteiger partial charge in [0.25, 0.3) is 0 Å². The lowest BCUT2D eigenvalue weighted by molar-refractivity contribution is -0.143. The summed E-state index contributed by atoms with van der Waals surface area (Å²) in [6.45, 7) is -1.17. The van der Waals surface area contributed by atoms with Crippen LogP contribution >= 0.6 is 0 Å². The Hall–Kier alpha value is -3.22. The second kappa shape index (κ2) is 11.4. The molecule has 0 spiro atoms. The van der Waals surface area contributed by atoms with Gasteiger partial charge in [0, 0.05) is 6.42 Å². The third kappa shape index (κ3) is 10.5. The first-order valence-corrected chi connectivity index (χ1v) is 7.28. The SMILES string of the molecule is NC(CC(=O)O)C(=O)NCC(=O)NCC(=O)NC(CCC(=O)O)C(=O)O. The Bertz CT molecular complexity index is 578. The number of aliphatic carboxylic acids is 3. The summed E-state index contributed by atoms with van der Waals surface area (Å²) >= 11 is 0. The molecule has 3 amide bonds. The van der Waals surface area contributed by atoms with Gasteiger partial charge in [0.15, 0.2) is 0 Å². The molecular formula is C13H20N4O9. The standard InChI is InChI=1S/C13H20N4O9/c14-6(3-11(22)23)12(24)16-4-8(18)15-5-9(19)17-7(13(25)26)1-2-10(20)21/h6-7H,1-5,14H2,(H,15,18)(H,16,24)(H,17,19)(H,20,21)(H,22,23)(H,25,26). The molecule has 0 rings (SSSR count). The van der Waals surface area contributed by atoms with Gasteiger partial charge in [0.05, 0.1) is 25.6 Å². The van der Waals surface area contributed by atoms with Crippen LogP contribution in [0.3, 0.4) is 0 Å². The Morgan fingerprint density at radius 3 is 1.92 bits per heavy atom. The zero-order valence-electron chi connectivity index (χ0n) is 13.6. The molecule has 0 aliphatic carbocycles. The normalized spacial score (nSPS) is 12.3. The fourth-order valence-electron chi connectivity index (χ4n) is 1.59. The Balaban J connectivity index is 4.22. The van der Waals surface area contributed by atoms with Gasteiger partial charge in [-0.25, -0.2) is 4.79 Å². The molecule has 0 heterocycles. The monoisotopic (exact) mass is 376 g/mol. The zero-order chi connectivity index (χ0) is 20.3. The largest absolute Gasteiger partial charge is 0.481 e. The molecule has 13 nitrogen and oxygen atoms in total. The number of hydrogen-bond donors (Lipinski definition) is 7. The summed E-state index contributed by atoms with van der Waals surface area (Å²) in [6.07, 6.45) is -1.42. The van der Waals surface area contributed by atoms with Gasteiger partial charge >= 0.3 is 17.9 Å². The van der Waals surface area contributed by atoms with Crippen LogP contribution in [0.15, 0.2) is 0 Å². The fraction of sp³-hybridized carbons (Fsp3) is 0.538. The fourth-order valence-corrected chi connectivity index (χ4v) is 1.59. The first-order valence-electron chi connectivity index (χ1n) is 7.28. The van der Waals surface area contributed by atoms with Gasteiger partial charge in [-0.15, -0.1) is 0 Å². The summed E-state index contributed by atoms with van der Waals surface area (Å²) in [5.41, 5.74) is 5.27. The summed E-state index contributed by atoms with van der Waals surface area (Å²) in [5, 5.41) is 32.1. The maximum absolute atomic E-state index is 11.6. The van der Waals surface area contributed by atoms with Gasteiger partial charge in [-0.1, -0.05) is 0 Å². The first-order chi connectivity index (χ1) is 12.0. The van der Waals surface area contributed by atoms with Gasteiger partial charge < -0.3 is 37.0 Å². The smallest absolute Gasteiger partial charge is 0.326 e. The average Bonchev–Trinajstić information content (AvgIpc) is 2.53. The second-order valence-electron chi connectivity index (χ2n) is 5.09. The van der Waals surface area contributed by atoms with E-state index in [1.807, 2.05) is 5.32 Å².